The van der Waals surface area contributed by atoms with Gasteiger partial charge in [0.2, 0.25) is 0 Å². The lowest BCUT2D eigenvalue weighted by Gasteiger charge is -2.53. The first-order chi connectivity index (χ1) is 10.2. The fourth-order valence-electron chi connectivity index (χ4n) is 4.12. The number of hydrogen-bond donors (Lipinski definition) is 0. The van der Waals surface area contributed by atoms with Gasteiger partial charge in [0.25, 0.3) is 0 Å². The lowest BCUT2D eigenvalue weighted by molar-refractivity contribution is 0.158. The Morgan fingerprint density at radius 2 is 1.55 bits per heavy atom. The summed E-state index contributed by atoms with van der Waals surface area (Å²) in [6.07, 6.45) is 0. The molecule has 0 bridgehead atoms. The highest BCUT2D eigenvalue weighted by molar-refractivity contribution is 9.10. The van der Waals surface area contributed by atoms with Gasteiger partial charge in [0.15, 0.2) is 0 Å². The van der Waals surface area contributed by atoms with Crippen molar-refractivity contribution in [2.75, 3.05) is 5.01 Å². The Kier molecular flexibility index (Phi) is 3.52. The van der Waals surface area contributed by atoms with Gasteiger partial charge in [-0.3, -0.25) is 0 Å². The summed E-state index contributed by atoms with van der Waals surface area (Å²) in [5, 5.41) is 11.5. The van der Waals surface area contributed by atoms with Gasteiger partial charge in [0.1, 0.15) is 5.54 Å². The van der Waals surface area contributed by atoms with Crippen molar-refractivity contribution < 1.29 is 0 Å². The van der Waals surface area contributed by atoms with Crippen LogP contribution in [-0.2, 0) is 0 Å². The van der Waals surface area contributed by atoms with Crippen molar-refractivity contribution >= 4 is 21.6 Å². The van der Waals surface area contributed by atoms with Crippen LogP contribution in [0.3, 0.4) is 0 Å². The fraction of sp³-hybridized carbons (Fsp3) is 0.556. The molecule has 1 aromatic carbocycles. The minimum atomic E-state index is -0.205. The summed E-state index contributed by atoms with van der Waals surface area (Å²) < 4.78 is 1.08. The van der Waals surface area contributed by atoms with Crippen molar-refractivity contribution in [3.05, 3.63) is 39.9 Å². The number of fused-ring (bicyclic) bond motifs is 1. The number of hydrogen-bond acceptors (Lipinski definition) is 3. The van der Waals surface area contributed by atoms with Gasteiger partial charge in [-0.05, 0) is 52.0 Å². The van der Waals surface area contributed by atoms with E-state index < -0.39 is 0 Å². The van der Waals surface area contributed by atoms with E-state index in [9.17, 15) is 0 Å². The predicted octanol–water partition coefficient (Wildman–Crippen LogP) is 5.78. The average Bonchev–Trinajstić information content (AvgIpc) is 2.79. The van der Waals surface area contributed by atoms with Crippen LogP contribution in [0.5, 0.6) is 0 Å². The van der Waals surface area contributed by atoms with Gasteiger partial charge in [0, 0.05) is 16.3 Å². The quantitative estimate of drug-likeness (QED) is 0.582. The number of anilines is 1. The highest BCUT2D eigenvalue weighted by atomic mass is 79.9. The first-order valence-electron chi connectivity index (χ1n) is 7.89. The molecule has 0 saturated heterocycles. The first kappa shape index (κ1) is 15.7. The number of halogens is 1. The van der Waals surface area contributed by atoms with Crippen LogP contribution in [0.1, 0.15) is 41.5 Å². The van der Waals surface area contributed by atoms with Crippen LogP contribution >= 0.6 is 15.9 Å². The maximum atomic E-state index is 4.76. The zero-order chi connectivity index (χ0) is 16.3. The number of rotatable bonds is 1. The summed E-state index contributed by atoms with van der Waals surface area (Å²) >= 11 is 3.51. The SMILES string of the molecule is CC1=C(C)[C@H](C)[C@@]2(C)N(c3ccc(Br)cc3)N=N[C@]2(C)[C@@H]1C. The number of benzene rings is 1. The van der Waals surface area contributed by atoms with Crippen LogP contribution in [0.4, 0.5) is 5.69 Å². The molecule has 0 N–H and O–H groups in total. The summed E-state index contributed by atoms with van der Waals surface area (Å²) in [5.74, 6) is 0.783. The minimum absolute atomic E-state index is 0.149. The molecular formula is C18H24BrN3. The van der Waals surface area contributed by atoms with Crippen LogP contribution in [0.2, 0.25) is 0 Å². The molecule has 1 aliphatic heterocycles. The van der Waals surface area contributed by atoms with Gasteiger partial charge < -0.3 is 0 Å². The molecule has 118 valence electrons. The molecule has 4 atom stereocenters. The molecule has 0 fully saturated rings. The lowest BCUT2D eigenvalue weighted by Crippen LogP contribution is -2.64. The van der Waals surface area contributed by atoms with Crippen LogP contribution in [0.25, 0.3) is 0 Å². The molecule has 3 rings (SSSR count). The summed E-state index contributed by atoms with van der Waals surface area (Å²) in [4.78, 5) is 0. The van der Waals surface area contributed by atoms with Crippen molar-refractivity contribution in [2.24, 2.45) is 22.2 Å². The first-order valence-corrected chi connectivity index (χ1v) is 8.68. The topological polar surface area (TPSA) is 28.0 Å². The van der Waals surface area contributed by atoms with E-state index in [1.807, 2.05) is 0 Å². The van der Waals surface area contributed by atoms with Crippen molar-refractivity contribution in [1.29, 1.82) is 0 Å². The fourth-order valence-corrected chi connectivity index (χ4v) is 4.39. The van der Waals surface area contributed by atoms with E-state index in [2.05, 4.69) is 92.0 Å². The largest absolute Gasteiger partial charge is 0.238 e. The molecule has 4 heteroatoms. The monoisotopic (exact) mass is 361 g/mol. The zero-order valence-electron chi connectivity index (χ0n) is 14.2. The minimum Gasteiger partial charge on any atom is -0.238 e. The molecule has 0 aromatic heterocycles. The standard InChI is InChI=1S/C18H24BrN3/c1-11-12(2)14(4)18(6)17(5,13(11)3)20-21-22(18)16-9-7-15(19)8-10-16/h7-10,13-14H,1-6H3/t13-,14+,17-,18-/m1/s1. The molecule has 1 heterocycles. The Balaban J connectivity index is 2.15. The van der Waals surface area contributed by atoms with E-state index in [1.54, 1.807) is 0 Å². The second-order valence-corrected chi connectivity index (χ2v) is 8.00. The van der Waals surface area contributed by atoms with Gasteiger partial charge in [-0.15, -0.1) is 0 Å². The van der Waals surface area contributed by atoms with Crippen LogP contribution in [0, 0.1) is 11.8 Å². The van der Waals surface area contributed by atoms with Gasteiger partial charge in [-0.2, -0.15) is 5.11 Å². The molecule has 2 aliphatic rings. The van der Waals surface area contributed by atoms with E-state index in [0.717, 1.165) is 10.2 Å². The molecule has 0 amide bonds. The Hall–Kier alpha value is -1.16. The summed E-state index contributed by atoms with van der Waals surface area (Å²) in [5.41, 5.74) is 3.68. The van der Waals surface area contributed by atoms with Crippen LogP contribution < -0.4 is 5.01 Å². The van der Waals surface area contributed by atoms with Crippen molar-refractivity contribution in [2.45, 2.75) is 52.6 Å². The third kappa shape index (κ3) is 1.79. The van der Waals surface area contributed by atoms with Gasteiger partial charge in [-0.25, -0.2) is 5.01 Å². The average molecular weight is 362 g/mol. The molecule has 1 aromatic rings. The second kappa shape index (κ2) is 4.92. The van der Waals surface area contributed by atoms with E-state index in [0.29, 0.717) is 11.8 Å². The highest BCUT2D eigenvalue weighted by Crippen LogP contribution is 2.56. The van der Waals surface area contributed by atoms with Gasteiger partial charge >= 0.3 is 0 Å². The van der Waals surface area contributed by atoms with E-state index >= 15 is 0 Å². The lowest BCUT2D eigenvalue weighted by atomic mass is 9.57. The van der Waals surface area contributed by atoms with E-state index in [4.69, 9.17) is 5.11 Å². The smallest absolute Gasteiger partial charge is 0.113 e. The second-order valence-electron chi connectivity index (χ2n) is 7.08. The molecule has 1 aliphatic carbocycles. The van der Waals surface area contributed by atoms with Crippen LogP contribution in [-0.4, -0.2) is 11.1 Å². The van der Waals surface area contributed by atoms with Crippen molar-refractivity contribution in [3.8, 4) is 0 Å². The third-order valence-corrected chi connectivity index (χ3v) is 7.01. The van der Waals surface area contributed by atoms with E-state index in [1.165, 1.54) is 11.1 Å². The summed E-state index contributed by atoms with van der Waals surface area (Å²) in [6, 6.07) is 8.35. The van der Waals surface area contributed by atoms with E-state index in [-0.39, 0.29) is 11.1 Å². The Morgan fingerprint density at radius 3 is 2.14 bits per heavy atom. The Bertz CT molecular complexity index is 663. The predicted molar refractivity (Wildman–Crippen MR) is 95.0 cm³/mol. The Labute approximate surface area is 141 Å². The molecular weight excluding hydrogens is 338 g/mol. The molecule has 22 heavy (non-hydrogen) atoms. The summed E-state index contributed by atoms with van der Waals surface area (Å²) in [7, 11) is 0. The third-order valence-electron chi connectivity index (χ3n) is 6.49. The normalized spacial score (nSPS) is 37.7. The van der Waals surface area contributed by atoms with Crippen molar-refractivity contribution in [3.63, 3.8) is 0 Å². The number of nitrogens with zero attached hydrogens (tertiary/aromatic N) is 3. The highest BCUT2D eigenvalue weighted by Gasteiger charge is 2.62. The maximum Gasteiger partial charge on any atom is 0.113 e. The molecule has 3 nitrogen and oxygen atoms in total. The molecule has 0 radical (unpaired) electrons. The molecule has 0 spiro atoms. The van der Waals surface area contributed by atoms with Crippen molar-refractivity contribution in [1.82, 2.24) is 0 Å². The molecule has 0 unspecified atom stereocenters. The zero-order valence-corrected chi connectivity index (χ0v) is 15.8. The maximum absolute atomic E-state index is 4.76. The van der Waals surface area contributed by atoms with Crippen LogP contribution in [0.15, 0.2) is 50.2 Å². The van der Waals surface area contributed by atoms with Gasteiger partial charge in [-0.1, -0.05) is 46.1 Å². The molecule has 0 saturated carbocycles. The Morgan fingerprint density at radius 1 is 1.00 bits per heavy atom. The van der Waals surface area contributed by atoms with Gasteiger partial charge in [0.05, 0.1) is 11.2 Å². The summed E-state index contributed by atoms with van der Waals surface area (Å²) in [6.45, 7) is 13.7.